The molecular weight excluding hydrogens is 361 g/mol. The van der Waals surface area contributed by atoms with Gasteiger partial charge in [-0.1, -0.05) is 25.4 Å². The number of aromatic nitrogens is 3. The lowest BCUT2D eigenvalue weighted by atomic mass is 10.1. The highest BCUT2D eigenvalue weighted by molar-refractivity contribution is 14.1. The first-order chi connectivity index (χ1) is 8.58. The Balaban J connectivity index is 2.47. The number of hydrogen-bond acceptors (Lipinski definition) is 3. The van der Waals surface area contributed by atoms with Crippen LogP contribution in [0.1, 0.15) is 19.5 Å². The Bertz CT molecular complexity index is 543. The third-order valence-electron chi connectivity index (χ3n) is 2.40. The second-order valence-corrected chi connectivity index (χ2v) is 5.88. The topological polar surface area (TPSA) is 38.7 Å². The Hall–Kier alpha value is -0.750. The Morgan fingerprint density at radius 3 is 2.72 bits per heavy atom. The Morgan fingerprint density at radius 2 is 2.11 bits per heavy atom. The molecule has 0 aliphatic rings. The van der Waals surface area contributed by atoms with Gasteiger partial charge in [0.15, 0.2) is 5.82 Å². The van der Waals surface area contributed by atoms with E-state index in [1.807, 2.05) is 12.1 Å². The van der Waals surface area contributed by atoms with E-state index >= 15 is 0 Å². The van der Waals surface area contributed by atoms with Crippen LogP contribution in [0.4, 0.5) is 0 Å². The number of pyridine rings is 1. The summed E-state index contributed by atoms with van der Waals surface area (Å²) in [4.78, 5) is 13.0. The zero-order valence-electron chi connectivity index (χ0n) is 10.2. The first-order valence-corrected chi connectivity index (χ1v) is 7.16. The molecule has 0 radical (unpaired) electrons. The quantitative estimate of drug-likeness (QED) is 0.603. The van der Waals surface area contributed by atoms with Gasteiger partial charge in [0.2, 0.25) is 0 Å². The van der Waals surface area contributed by atoms with Crippen LogP contribution in [0.3, 0.4) is 0 Å². The molecule has 2 heterocycles. The van der Waals surface area contributed by atoms with E-state index in [9.17, 15) is 0 Å². The standard InChI is InChI=1S/C13H13ClIN3/c1-8(2)6-10-11(15)12(14)18-13(17-10)9-4-3-5-16-7-9/h3-5,7-8H,6H2,1-2H3. The molecule has 2 aromatic heterocycles. The van der Waals surface area contributed by atoms with E-state index in [0.29, 0.717) is 16.9 Å². The normalized spacial score (nSPS) is 10.9. The summed E-state index contributed by atoms with van der Waals surface area (Å²) in [5.74, 6) is 1.18. The van der Waals surface area contributed by atoms with Gasteiger partial charge in [0.1, 0.15) is 5.15 Å². The molecule has 3 nitrogen and oxygen atoms in total. The maximum atomic E-state index is 6.17. The van der Waals surface area contributed by atoms with E-state index in [-0.39, 0.29) is 0 Å². The van der Waals surface area contributed by atoms with Gasteiger partial charge >= 0.3 is 0 Å². The summed E-state index contributed by atoms with van der Waals surface area (Å²) < 4.78 is 0.940. The van der Waals surface area contributed by atoms with Gasteiger partial charge in [-0.15, -0.1) is 0 Å². The molecule has 0 aromatic carbocycles. The predicted molar refractivity (Wildman–Crippen MR) is 81.5 cm³/mol. The van der Waals surface area contributed by atoms with Crippen LogP contribution in [0.2, 0.25) is 5.15 Å². The van der Waals surface area contributed by atoms with E-state index in [2.05, 4.69) is 51.4 Å². The summed E-state index contributed by atoms with van der Waals surface area (Å²) in [7, 11) is 0. The van der Waals surface area contributed by atoms with Gasteiger partial charge in [-0.2, -0.15) is 0 Å². The molecule has 0 fully saturated rings. The van der Waals surface area contributed by atoms with Gasteiger partial charge < -0.3 is 0 Å². The van der Waals surface area contributed by atoms with Crippen molar-refractivity contribution in [1.29, 1.82) is 0 Å². The Labute approximate surface area is 125 Å². The number of nitrogens with zero attached hydrogens (tertiary/aromatic N) is 3. The molecule has 0 unspecified atom stereocenters. The second-order valence-electron chi connectivity index (χ2n) is 4.44. The summed E-state index contributed by atoms with van der Waals surface area (Å²) in [6, 6.07) is 3.80. The molecule has 0 saturated heterocycles. The van der Waals surface area contributed by atoms with Crippen molar-refractivity contribution in [3.63, 3.8) is 0 Å². The Kier molecular flexibility index (Phi) is 4.50. The molecule has 18 heavy (non-hydrogen) atoms. The third-order valence-corrected chi connectivity index (χ3v) is 4.13. The van der Waals surface area contributed by atoms with Gasteiger partial charge in [-0.3, -0.25) is 4.98 Å². The highest BCUT2D eigenvalue weighted by Crippen LogP contribution is 2.25. The number of hydrogen-bond donors (Lipinski definition) is 0. The van der Waals surface area contributed by atoms with Crippen LogP contribution in [-0.4, -0.2) is 15.0 Å². The van der Waals surface area contributed by atoms with Crippen LogP contribution >= 0.6 is 34.2 Å². The van der Waals surface area contributed by atoms with Crippen LogP contribution in [0.25, 0.3) is 11.4 Å². The van der Waals surface area contributed by atoms with Gasteiger partial charge in [-0.05, 0) is 47.1 Å². The summed E-state index contributed by atoms with van der Waals surface area (Å²) in [5, 5.41) is 0.514. The van der Waals surface area contributed by atoms with Crippen LogP contribution < -0.4 is 0 Å². The molecule has 94 valence electrons. The largest absolute Gasteiger partial charge is 0.264 e. The molecular formula is C13H13ClIN3. The van der Waals surface area contributed by atoms with Crippen molar-refractivity contribution in [1.82, 2.24) is 15.0 Å². The van der Waals surface area contributed by atoms with Crippen molar-refractivity contribution in [2.45, 2.75) is 20.3 Å². The third kappa shape index (κ3) is 3.17. The lowest BCUT2D eigenvalue weighted by Crippen LogP contribution is -2.04. The summed E-state index contributed by atoms with van der Waals surface area (Å²) >= 11 is 8.38. The summed E-state index contributed by atoms with van der Waals surface area (Å²) in [6.45, 7) is 4.33. The first kappa shape index (κ1) is 13.7. The second kappa shape index (κ2) is 5.93. The fourth-order valence-corrected chi connectivity index (χ4v) is 2.26. The van der Waals surface area contributed by atoms with Gasteiger partial charge in [-0.25, -0.2) is 9.97 Å². The summed E-state index contributed by atoms with van der Waals surface area (Å²) in [6.07, 6.45) is 4.37. The van der Waals surface area contributed by atoms with E-state index < -0.39 is 0 Å². The minimum atomic E-state index is 0.514. The van der Waals surface area contributed by atoms with Crippen molar-refractivity contribution in [3.05, 3.63) is 38.9 Å². The van der Waals surface area contributed by atoms with Crippen LogP contribution in [0, 0.1) is 9.49 Å². The molecule has 0 amide bonds. The molecule has 0 N–H and O–H groups in total. The zero-order chi connectivity index (χ0) is 13.1. The van der Waals surface area contributed by atoms with Crippen molar-refractivity contribution < 1.29 is 0 Å². The van der Waals surface area contributed by atoms with Crippen molar-refractivity contribution >= 4 is 34.2 Å². The van der Waals surface area contributed by atoms with E-state index in [0.717, 1.165) is 21.2 Å². The molecule has 5 heteroatoms. The molecule has 0 atom stereocenters. The minimum absolute atomic E-state index is 0.514. The van der Waals surface area contributed by atoms with Crippen molar-refractivity contribution in [2.24, 2.45) is 5.92 Å². The average Bonchev–Trinajstić information content (AvgIpc) is 2.35. The highest BCUT2D eigenvalue weighted by Gasteiger charge is 2.13. The average molecular weight is 374 g/mol. The van der Waals surface area contributed by atoms with Crippen LogP contribution in [0.15, 0.2) is 24.5 Å². The monoisotopic (exact) mass is 373 g/mol. The molecule has 0 bridgehead atoms. The molecule has 0 aliphatic heterocycles. The Morgan fingerprint density at radius 1 is 1.33 bits per heavy atom. The molecule has 2 aromatic rings. The van der Waals surface area contributed by atoms with E-state index in [1.54, 1.807) is 12.4 Å². The van der Waals surface area contributed by atoms with E-state index in [1.165, 1.54) is 0 Å². The smallest absolute Gasteiger partial charge is 0.162 e. The van der Waals surface area contributed by atoms with Gasteiger partial charge in [0, 0.05) is 18.0 Å². The molecule has 0 aliphatic carbocycles. The molecule has 0 spiro atoms. The maximum Gasteiger partial charge on any atom is 0.162 e. The van der Waals surface area contributed by atoms with Crippen LogP contribution in [0.5, 0.6) is 0 Å². The fourth-order valence-electron chi connectivity index (χ4n) is 1.61. The zero-order valence-corrected chi connectivity index (χ0v) is 13.1. The van der Waals surface area contributed by atoms with Crippen molar-refractivity contribution in [3.8, 4) is 11.4 Å². The highest BCUT2D eigenvalue weighted by atomic mass is 127. The maximum absolute atomic E-state index is 6.17. The fraction of sp³-hybridized carbons (Fsp3) is 0.308. The predicted octanol–water partition coefficient (Wildman–Crippen LogP) is 4.00. The summed E-state index contributed by atoms with van der Waals surface area (Å²) in [5.41, 5.74) is 1.89. The SMILES string of the molecule is CC(C)Cc1nc(-c2cccnc2)nc(Cl)c1I. The lowest BCUT2D eigenvalue weighted by molar-refractivity contribution is 0.632. The van der Waals surface area contributed by atoms with Crippen molar-refractivity contribution in [2.75, 3.05) is 0 Å². The lowest BCUT2D eigenvalue weighted by Gasteiger charge is -2.10. The molecule has 2 rings (SSSR count). The first-order valence-electron chi connectivity index (χ1n) is 5.70. The number of halogens is 2. The van der Waals surface area contributed by atoms with Gasteiger partial charge in [0.25, 0.3) is 0 Å². The minimum Gasteiger partial charge on any atom is -0.264 e. The number of rotatable bonds is 3. The van der Waals surface area contributed by atoms with E-state index in [4.69, 9.17) is 11.6 Å². The van der Waals surface area contributed by atoms with Crippen LogP contribution in [-0.2, 0) is 6.42 Å². The van der Waals surface area contributed by atoms with Gasteiger partial charge in [0.05, 0.1) is 9.26 Å². The molecule has 0 saturated carbocycles.